The summed E-state index contributed by atoms with van der Waals surface area (Å²) in [5, 5.41) is 15.2. The number of imide groups is 1. The van der Waals surface area contributed by atoms with E-state index in [0.29, 0.717) is 16.3 Å². The lowest BCUT2D eigenvalue weighted by Crippen LogP contribution is -2.33. The van der Waals surface area contributed by atoms with Gasteiger partial charge in [-0.05, 0) is 29.8 Å². The zero-order valence-electron chi connectivity index (χ0n) is 13.2. The minimum Gasteiger partial charge on any atom is -0.294 e. The van der Waals surface area contributed by atoms with Crippen LogP contribution in [0.25, 0.3) is 0 Å². The number of anilines is 1. The van der Waals surface area contributed by atoms with Gasteiger partial charge in [-0.3, -0.25) is 29.9 Å². The van der Waals surface area contributed by atoms with Crippen LogP contribution in [-0.2, 0) is 14.4 Å². The molecule has 0 spiro atoms. The quantitative estimate of drug-likeness (QED) is 0.503. The molecule has 2 fully saturated rings. The number of hydroxylamine groups is 1. The number of amides is 2. The number of carbonyl (C=O) groups excluding carboxylic acids is 2. The van der Waals surface area contributed by atoms with E-state index in [9.17, 15) is 19.7 Å². The van der Waals surface area contributed by atoms with E-state index in [1.165, 1.54) is 17.2 Å². The number of nitrogens with one attached hydrogen (secondary N) is 1. The first-order valence-electron chi connectivity index (χ1n) is 7.76. The summed E-state index contributed by atoms with van der Waals surface area (Å²) in [6, 6.07) is 12.0. The molecule has 3 atom stereocenters. The Morgan fingerprint density at radius 2 is 1.69 bits per heavy atom. The molecular weight excluding hydrogens is 362 g/mol. The summed E-state index contributed by atoms with van der Waals surface area (Å²) >= 11 is 5.92. The van der Waals surface area contributed by atoms with Gasteiger partial charge >= 0.3 is 0 Å². The smallest absolute Gasteiger partial charge is 0.269 e. The van der Waals surface area contributed by atoms with Crippen molar-refractivity contribution in [3.8, 4) is 0 Å². The number of fused-ring (bicyclic) bond motifs is 1. The monoisotopic (exact) mass is 373 g/mol. The van der Waals surface area contributed by atoms with Gasteiger partial charge in [0.25, 0.3) is 11.6 Å². The van der Waals surface area contributed by atoms with E-state index in [4.69, 9.17) is 16.4 Å². The standard InChI is InChI=1S/C17H12ClN3O5/c18-10-3-7-11(8-4-10)20-14(9-1-5-12(6-2-9)21(24)25)13-15(26-20)17(23)19-16(13)22/h1-8,13-15H,(H,19,22,23)/t13-,14-,15-/m0/s1. The van der Waals surface area contributed by atoms with E-state index in [2.05, 4.69) is 5.32 Å². The van der Waals surface area contributed by atoms with Gasteiger partial charge in [0.2, 0.25) is 5.91 Å². The third-order valence-electron chi connectivity index (χ3n) is 4.48. The maximum absolute atomic E-state index is 12.3. The van der Waals surface area contributed by atoms with Gasteiger partial charge in [0.1, 0.15) is 5.92 Å². The highest BCUT2D eigenvalue weighted by Crippen LogP contribution is 2.44. The second-order valence-electron chi connectivity index (χ2n) is 6.00. The van der Waals surface area contributed by atoms with Crippen molar-refractivity contribution in [2.75, 3.05) is 5.06 Å². The van der Waals surface area contributed by atoms with Crippen molar-refractivity contribution >= 4 is 34.8 Å². The van der Waals surface area contributed by atoms with Crippen LogP contribution in [0.2, 0.25) is 5.02 Å². The lowest BCUT2D eigenvalue weighted by molar-refractivity contribution is -0.384. The summed E-state index contributed by atoms with van der Waals surface area (Å²) in [5.41, 5.74) is 1.19. The Morgan fingerprint density at radius 1 is 1.04 bits per heavy atom. The van der Waals surface area contributed by atoms with Crippen LogP contribution in [0.15, 0.2) is 48.5 Å². The highest BCUT2D eigenvalue weighted by atomic mass is 35.5. The first kappa shape index (κ1) is 16.5. The molecule has 2 aliphatic heterocycles. The number of hydrogen-bond donors (Lipinski definition) is 1. The molecule has 2 aromatic rings. The van der Waals surface area contributed by atoms with E-state index in [1.807, 2.05) is 0 Å². The molecule has 2 amide bonds. The highest BCUT2D eigenvalue weighted by Gasteiger charge is 2.56. The van der Waals surface area contributed by atoms with Crippen LogP contribution in [-0.4, -0.2) is 22.8 Å². The molecule has 0 radical (unpaired) electrons. The van der Waals surface area contributed by atoms with Gasteiger partial charge in [-0.1, -0.05) is 23.7 Å². The maximum atomic E-state index is 12.3. The predicted octanol–water partition coefficient (Wildman–Crippen LogP) is 2.38. The zero-order valence-corrected chi connectivity index (χ0v) is 13.9. The average molecular weight is 374 g/mol. The molecule has 2 aromatic carbocycles. The molecule has 0 saturated carbocycles. The van der Waals surface area contributed by atoms with Crippen LogP contribution in [0.3, 0.4) is 0 Å². The molecule has 4 rings (SSSR count). The number of nitro groups is 1. The fourth-order valence-electron chi connectivity index (χ4n) is 3.28. The summed E-state index contributed by atoms with van der Waals surface area (Å²) in [6.45, 7) is 0. The van der Waals surface area contributed by atoms with Crippen molar-refractivity contribution in [3.05, 3.63) is 69.2 Å². The van der Waals surface area contributed by atoms with Crippen LogP contribution in [0.5, 0.6) is 0 Å². The largest absolute Gasteiger partial charge is 0.294 e. The van der Waals surface area contributed by atoms with Crippen molar-refractivity contribution in [2.45, 2.75) is 12.1 Å². The molecule has 0 unspecified atom stereocenters. The van der Waals surface area contributed by atoms with Crippen molar-refractivity contribution in [1.82, 2.24) is 5.32 Å². The predicted molar refractivity (Wildman–Crippen MR) is 91.3 cm³/mol. The van der Waals surface area contributed by atoms with Gasteiger partial charge in [-0.2, -0.15) is 0 Å². The first-order valence-corrected chi connectivity index (χ1v) is 8.14. The van der Waals surface area contributed by atoms with E-state index < -0.39 is 34.8 Å². The molecule has 9 heteroatoms. The van der Waals surface area contributed by atoms with Gasteiger partial charge in [0.15, 0.2) is 6.10 Å². The van der Waals surface area contributed by atoms with Crippen molar-refractivity contribution in [1.29, 1.82) is 0 Å². The second-order valence-corrected chi connectivity index (χ2v) is 6.44. The van der Waals surface area contributed by atoms with E-state index >= 15 is 0 Å². The SMILES string of the molecule is O=C1NC(=O)[C@H]2ON(c3ccc(Cl)cc3)[C@@H](c3ccc([N+](=O)[O-])cc3)[C@H]12. The fraction of sp³-hybridized carbons (Fsp3) is 0.176. The fourth-order valence-corrected chi connectivity index (χ4v) is 3.40. The summed E-state index contributed by atoms with van der Waals surface area (Å²) in [4.78, 5) is 40.5. The topological polar surface area (TPSA) is 102 Å². The number of benzene rings is 2. The van der Waals surface area contributed by atoms with Gasteiger partial charge in [-0.15, -0.1) is 0 Å². The summed E-state index contributed by atoms with van der Waals surface area (Å²) < 4.78 is 0. The number of non-ortho nitro benzene ring substituents is 1. The molecular formula is C17H12ClN3O5. The third-order valence-corrected chi connectivity index (χ3v) is 4.73. The van der Waals surface area contributed by atoms with Gasteiger partial charge < -0.3 is 0 Å². The minimum absolute atomic E-state index is 0.0609. The number of halogens is 1. The molecule has 2 saturated heterocycles. The molecule has 0 aromatic heterocycles. The lowest BCUT2D eigenvalue weighted by Gasteiger charge is -2.27. The van der Waals surface area contributed by atoms with E-state index in [0.717, 1.165) is 0 Å². The molecule has 26 heavy (non-hydrogen) atoms. The molecule has 2 aliphatic rings. The minimum atomic E-state index is -0.946. The Labute approximate surface area is 152 Å². The summed E-state index contributed by atoms with van der Waals surface area (Å²) in [6.07, 6.45) is -0.946. The van der Waals surface area contributed by atoms with Crippen LogP contribution in [0, 0.1) is 16.0 Å². The van der Waals surface area contributed by atoms with E-state index in [1.54, 1.807) is 36.4 Å². The molecule has 0 aliphatic carbocycles. The zero-order chi connectivity index (χ0) is 18.4. The van der Waals surface area contributed by atoms with Crippen molar-refractivity contribution < 1.29 is 19.3 Å². The highest BCUT2D eigenvalue weighted by molar-refractivity contribution is 6.30. The molecule has 132 valence electrons. The number of nitro benzene ring substituents is 1. The average Bonchev–Trinajstić information content (AvgIpc) is 3.14. The van der Waals surface area contributed by atoms with E-state index in [-0.39, 0.29) is 5.69 Å². The lowest BCUT2D eigenvalue weighted by atomic mass is 9.90. The van der Waals surface area contributed by atoms with Crippen LogP contribution in [0.1, 0.15) is 11.6 Å². The molecule has 1 N–H and O–H groups in total. The Kier molecular flexibility index (Phi) is 3.86. The van der Waals surface area contributed by atoms with Crippen LogP contribution >= 0.6 is 11.6 Å². The number of rotatable bonds is 3. The number of nitrogens with zero attached hydrogens (tertiary/aromatic N) is 2. The van der Waals surface area contributed by atoms with Crippen LogP contribution < -0.4 is 10.4 Å². The Balaban J connectivity index is 1.77. The summed E-state index contributed by atoms with van der Waals surface area (Å²) in [7, 11) is 0. The first-order chi connectivity index (χ1) is 12.5. The Morgan fingerprint density at radius 3 is 2.31 bits per heavy atom. The van der Waals surface area contributed by atoms with Crippen molar-refractivity contribution in [3.63, 3.8) is 0 Å². The molecule has 0 bridgehead atoms. The van der Waals surface area contributed by atoms with Gasteiger partial charge in [0, 0.05) is 17.2 Å². The van der Waals surface area contributed by atoms with Crippen LogP contribution in [0.4, 0.5) is 11.4 Å². The number of hydrogen-bond acceptors (Lipinski definition) is 6. The Bertz CT molecular complexity index is 900. The van der Waals surface area contributed by atoms with Gasteiger partial charge in [-0.25, -0.2) is 5.06 Å². The Hall–Kier alpha value is -2.97. The van der Waals surface area contributed by atoms with Gasteiger partial charge in [0.05, 0.1) is 16.7 Å². The normalized spacial score (nSPS) is 24.5. The maximum Gasteiger partial charge on any atom is 0.269 e. The second kappa shape index (κ2) is 6.08. The molecule has 2 heterocycles. The van der Waals surface area contributed by atoms with Crippen molar-refractivity contribution in [2.24, 2.45) is 5.92 Å². The third kappa shape index (κ3) is 2.59. The molecule has 8 nitrogen and oxygen atoms in total. The summed E-state index contributed by atoms with van der Waals surface area (Å²) in [5.74, 6) is -1.68. The number of carbonyl (C=O) groups is 2.